The maximum Gasteiger partial charge on any atom is 0.293 e. The van der Waals surface area contributed by atoms with E-state index < -0.39 is 0 Å². The average Bonchev–Trinajstić information content (AvgIpc) is 2.55. The summed E-state index contributed by atoms with van der Waals surface area (Å²) in [6.45, 7) is 0.699. The number of nitrogens with zero attached hydrogens (tertiary/aromatic N) is 2. The Hall–Kier alpha value is -2.71. The van der Waals surface area contributed by atoms with Crippen molar-refractivity contribution in [3.05, 3.63) is 59.7 Å². The monoisotopic (exact) mass is 281 g/mol. The Labute approximate surface area is 123 Å². The molecule has 106 valence electrons. The first-order valence-electron chi connectivity index (χ1n) is 6.45. The molecular weight excluding hydrogens is 266 g/mol. The fraction of sp³-hybridized carbons (Fsp3) is 0.188. The summed E-state index contributed by atoms with van der Waals surface area (Å²) in [4.78, 5) is 18.6. The number of rotatable bonds is 5. The minimum atomic E-state index is -0.0893. The van der Waals surface area contributed by atoms with Crippen molar-refractivity contribution < 1.29 is 9.53 Å². The molecule has 1 atom stereocenters. The largest absolute Gasteiger partial charge is 0.466 e. The Kier molecular flexibility index (Phi) is 5.44. The molecule has 2 aromatic rings. The van der Waals surface area contributed by atoms with Crippen molar-refractivity contribution in [1.82, 2.24) is 15.3 Å². The number of carbonyl (C=O) groups excluding carboxylic acids is 1. The first kappa shape index (κ1) is 14.7. The van der Waals surface area contributed by atoms with Crippen LogP contribution in [-0.2, 0) is 9.53 Å². The van der Waals surface area contributed by atoms with Gasteiger partial charge in [-0.3, -0.25) is 4.79 Å². The fourth-order valence-corrected chi connectivity index (χ4v) is 1.78. The van der Waals surface area contributed by atoms with Gasteiger partial charge >= 0.3 is 0 Å². The van der Waals surface area contributed by atoms with Gasteiger partial charge in [0.1, 0.15) is 18.0 Å². The third-order valence-electron chi connectivity index (χ3n) is 2.85. The van der Waals surface area contributed by atoms with Crippen molar-refractivity contribution in [2.75, 3.05) is 13.7 Å². The van der Waals surface area contributed by atoms with Crippen molar-refractivity contribution in [3.63, 3.8) is 0 Å². The molecule has 2 rings (SSSR count). The van der Waals surface area contributed by atoms with Gasteiger partial charge in [0, 0.05) is 12.4 Å². The maximum atomic E-state index is 10.3. The summed E-state index contributed by atoms with van der Waals surface area (Å²) < 4.78 is 4.80. The van der Waals surface area contributed by atoms with E-state index in [9.17, 15) is 4.79 Å². The van der Waals surface area contributed by atoms with E-state index in [-0.39, 0.29) is 12.6 Å². The molecule has 0 saturated heterocycles. The van der Waals surface area contributed by atoms with E-state index in [1.54, 1.807) is 19.4 Å². The van der Waals surface area contributed by atoms with E-state index in [0.717, 1.165) is 5.56 Å². The topological polar surface area (TPSA) is 64.1 Å². The number of hydrogen-bond acceptors (Lipinski definition) is 5. The smallest absolute Gasteiger partial charge is 0.293 e. The van der Waals surface area contributed by atoms with Crippen LogP contribution in [0.15, 0.2) is 42.7 Å². The number of nitrogens with one attached hydrogen (secondary N) is 1. The molecule has 21 heavy (non-hydrogen) atoms. The van der Waals surface area contributed by atoms with Gasteiger partial charge in [-0.1, -0.05) is 6.07 Å². The highest BCUT2D eigenvalue weighted by Gasteiger charge is 2.10. The van der Waals surface area contributed by atoms with Gasteiger partial charge in [-0.2, -0.15) is 0 Å². The van der Waals surface area contributed by atoms with Crippen molar-refractivity contribution in [3.8, 4) is 11.8 Å². The van der Waals surface area contributed by atoms with Crippen LogP contribution in [0.3, 0.4) is 0 Å². The predicted molar refractivity (Wildman–Crippen MR) is 78.3 cm³/mol. The molecule has 0 aromatic carbocycles. The normalized spacial score (nSPS) is 11.1. The van der Waals surface area contributed by atoms with Crippen molar-refractivity contribution in [1.29, 1.82) is 0 Å². The van der Waals surface area contributed by atoms with Gasteiger partial charge in [-0.05, 0) is 48.7 Å². The second-order valence-corrected chi connectivity index (χ2v) is 4.21. The third-order valence-corrected chi connectivity index (χ3v) is 2.85. The molecule has 0 aliphatic carbocycles. The second kappa shape index (κ2) is 7.78. The second-order valence-electron chi connectivity index (χ2n) is 4.21. The van der Waals surface area contributed by atoms with E-state index in [1.807, 2.05) is 30.3 Å². The lowest BCUT2D eigenvalue weighted by atomic mass is 10.1. The third kappa shape index (κ3) is 4.41. The van der Waals surface area contributed by atoms with Gasteiger partial charge in [0.15, 0.2) is 0 Å². The molecule has 0 unspecified atom stereocenters. The molecular formula is C16H15N3O2. The summed E-state index contributed by atoms with van der Waals surface area (Å²) in [7, 11) is 1.80. The van der Waals surface area contributed by atoms with E-state index >= 15 is 0 Å². The zero-order valence-corrected chi connectivity index (χ0v) is 11.6. The van der Waals surface area contributed by atoms with Crippen LogP contribution in [0.2, 0.25) is 0 Å². The zero-order chi connectivity index (χ0) is 14.9. The highest BCUT2D eigenvalue weighted by molar-refractivity contribution is 5.39. The van der Waals surface area contributed by atoms with Gasteiger partial charge in [-0.15, -0.1) is 0 Å². The summed E-state index contributed by atoms with van der Waals surface area (Å²) in [5.41, 5.74) is 2.29. The van der Waals surface area contributed by atoms with Crippen LogP contribution in [0.1, 0.15) is 23.0 Å². The lowest BCUT2D eigenvalue weighted by Gasteiger charge is -2.15. The Morgan fingerprint density at radius 3 is 2.76 bits per heavy atom. The predicted octanol–water partition coefficient (Wildman–Crippen LogP) is 1.31. The number of likely N-dealkylation sites (N-methyl/N-ethyl adjacent to an activating group) is 1. The van der Waals surface area contributed by atoms with Gasteiger partial charge < -0.3 is 10.1 Å². The molecule has 0 spiro atoms. The molecule has 0 aliphatic rings. The van der Waals surface area contributed by atoms with Crippen LogP contribution >= 0.6 is 0 Å². The summed E-state index contributed by atoms with van der Waals surface area (Å²) in [6.07, 6.45) is 3.38. The molecule has 1 N–H and O–H groups in total. The van der Waals surface area contributed by atoms with Crippen LogP contribution in [0.5, 0.6) is 0 Å². The van der Waals surface area contributed by atoms with E-state index in [2.05, 4.69) is 27.1 Å². The minimum Gasteiger partial charge on any atom is -0.466 e. The Morgan fingerprint density at radius 1 is 1.24 bits per heavy atom. The van der Waals surface area contributed by atoms with Crippen molar-refractivity contribution >= 4 is 6.47 Å². The van der Waals surface area contributed by atoms with Gasteiger partial charge in [0.2, 0.25) is 0 Å². The molecule has 0 radical (unpaired) electrons. The van der Waals surface area contributed by atoms with Gasteiger partial charge in [0.05, 0.1) is 6.04 Å². The number of carbonyl (C=O) groups is 1. The van der Waals surface area contributed by atoms with Crippen LogP contribution in [-0.4, -0.2) is 30.1 Å². The molecule has 0 amide bonds. The highest BCUT2D eigenvalue weighted by Crippen LogP contribution is 2.12. The Balaban J connectivity index is 2.17. The molecule has 0 bridgehead atoms. The van der Waals surface area contributed by atoms with Crippen LogP contribution in [0.4, 0.5) is 0 Å². The molecule has 0 fully saturated rings. The number of aromatic nitrogens is 2. The molecule has 0 aliphatic heterocycles. The summed E-state index contributed by atoms with van der Waals surface area (Å²) in [5.74, 6) is 5.93. The first-order valence-corrected chi connectivity index (χ1v) is 6.45. The van der Waals surface area contributed by atoms with E-state index in [4.69, 9.17) is 4.74 Å². The highest BCUT2D eigenvalue weighted by atomic mass is 16.5. The fourth-order valence-electron chi connectivity index (χ4n) is 1.78. The quantitative estimate of drug-likeness (QED) is 0.661. The summed E-state index contributed by atoms with van der Waals surface area (Å²) in [5, 5.41) is 3.08. The number of ether oxygens (including phenoxy) is 1. The lowest BCUT2D eigenvalue weighted by molar-refractivity contribution is -0.129. The van der Waals surface area contributed by atoms with Crippen LogP contribution in [0.25, 0.3) is 0 Å². The summed E-state index contributed by atoms with van der Waals surface area (Å²) in [6, 6.07) is 9.20. The van der Waals surface area contributed by atoms with Crippen molar-refractivity contribution in [2.24, 2.45) is 0 Å². The molecule has 2 aromatic heterocycles. The van der Waals surface area contributed by atoms with E-state index in [0.29, 0.717) is 17.9 Å². The first-order chi connectivity index (χ1) is 10.3. The maximum absolute atomic E-state index is 10.3. The average molecular weight is 281 g/mol. The van der Waals surface area contributed by atoms with Crippen LogP contribution < -0.4 is 5.32 Å². The molecule has 0 saturated carbocycles. The van der Waals surface area contributed by atoms with E-state index in [1.165, 1.54) is 0 Å². The standard InChI is InChI=1S/C16H15N3O2/c1-17-16(11-21-12-20)13-7-9-19-15(10-13)6-5-14-4-2-3-8-18-14/h2-4,7-10,12,16-17H,11H2,1H3/t16-/m0/s1. The number of hydrogen-bond donors (Lipinski definition) is 1. The van der Waals surface area contributed by atoms with Gasteiger partial charge in [-0.25, -0.2) is 9.97 Å². The number of pyridine rings is 2. The molecule has 5 heteroatoms. The Morgan fingerprint density at radius 2 is 2.05 bits per heavy atom. The van der Waals surface area contributed by atoms with Gasteiger partial charge in [0.25, 0.3) is 6.47 Å². The molecule has 5 nitrogen and oxygen atoms in total. The SMILES string of the molecule is CN[C@@H](COC=O)c1ccnc(C#Cc2ccccn2)c1. The Bertz CT molecular complexity index is 647. The van der Waals surface area contributed by atoms with Crippen LogP contribution in [0, 0.1) is 11.8 Å². The van der Waals surface area contributed by atoms with Crippen molar-refractivity contribution in [2.45, 2.75) is 6.04 Å². The minimum absolute atomic E-state index is 0.0893. The molecule has 2 heterocycles. The lowest BCUT2D eigenvalue weighted by Crippen LogP contribution is -2.21. The summed E-state index contributed by atoms with van der Waals surface area (Å²) >= 11 is 0. The zero-order valence-electron chi connectivity index (χ0n) is 11.6.